The van der Waals surface area contributed by atoms with Gasteiger partial charge in [0.15, 0.2) is 0 Å². The molecule has 1 aromatic rings. The number of thiocarbonyl (C=S) groups is 1. The minimum atomic E-state index is 0.437. The molecule has 0 atom stereocenters. The van der Waals surface area contributed by atoms with Crippen LogP contribution >= 0.6 is 12.2 Å². The molecule has 1 aliphatic carbocycles. The molecule has 0 aliphatic heterocycles. The fourth-order valence-electron chi connectivity index (χ4n) is 1.46. The average molecular weight is 221 g/mol. The summed E-state index contributed by atoms with van der Waals surface area (Å²) in [6.45, 7) is 2.86. The molecule has 2 rings (SSSR count). The van der Waals surface area contributed by atoms with Crippen LogP contribution in [0.1, 0.15) is 24.0 Å². The van der Waals surface area contributed by atoms with Crippen molar-refractivity contribution in [3.63, 3.8) is 0 Å². The van der Waals surface area contributed by atoms with Crippen LogP contribution in [0.15, 0.2) is 18.2 Å². The van der Waals surface area contributed by atoms with Gasteiger partial charge in [0.05, 0.1) is 6.61 Å². The molecule has 0 amide bonds. The molecule has 3 heteroatoms. The van der Waals surface area contributed by atoms with Gasteiger partial charge in [0.2, 0.25) is 0 Å². The Balaban J connectivity index is 2.07. The molecule has 2 N–H and O–H groups in total. The highest BCUT2D eigenvalue weighted by Gasteiger charge is 2.22. The largest absolute Gasteiger partial charge is 0.493 e. The molecule has 0 heterocycles. The molecule has 0 aromatic heterocycles. The Kier molecular flexibility index (Phi) is 2.91. The van der Waals surface area contributed by atoms with E-state index in [2.05, 4.69) is 0 Å². The Morgan fingerprint density at radius 2 is 2.27 bits per heavy atom. The van der Waals surface area contributed by atoms with Gasteiger partial charge in [-0.25, -0.2) is 0 Å². The third-order valence-corrected chi connectivity index (χ3v) is 2.87. The molecule has 0 bridgehead atoms. The molecule has 80 valence electrons. The number of hydrogen-bond acceptors (Lipinski definition) is 2. The number of rotatable bonds is 4. The molecule has 0 spiro atoms. The molecule has 15 heavy (non-hydrogen) atoms. The van der Waals surface area contributed by atoms with E-state index in [1.54, 1.807) is 0 Å². The maximum atomic E-state index is 5.71. The van der Waals surface area contributed by atoms with Crippen LogP contribution in [-0.2, 0) is 0 Å². The van der Waals surface area contributed by atoms with Crippen LogP contribution in [0, 0.1) is 12.8 Å². The molecule has 1 fully saturated rings. The lowest BCUT2D eigenvalue weighted by molar-refractivity contribution is 0.298. The van der Waals surface area contributed by atoms with E-state index in [9.17, 15) is 0 Å². The van der Waals surface area contributed by atoms with Gasteiger partial charge in [0.1, 0.15) is 10.7 Å². The van der Waals surface area contributed by atoms with Gasteiger partial charge in [-0.3, -0.25) is 0 Å². The van der Waals surface area contributed by atoms with Crippen molar-refractivity contribution in [3.8, 4) is 5.75 Å². The fraction of sp³-hybridized carbons (Fsp3) is 0.417. The van der Waals surface area contributed by atoms with E-state index >= 15 is 0 Å². The first-order valence-corrected chi connectivity index (χ1v) is 5.61. The Morgan fingerprint density at radius 1 is 1.53 bits per heavy atom. The van der Waals surface area contributed by atoms with Crippen LogP contribution in [0.25, 0.3) is 0 Å². The summed E-state index contributed by atoms with van der Waals surface area (Å²) in [6.07, 6.45) is 2.62. The molecule has 0 radical (unpaired) electrons. The zero-order valence-corrected chi connectivity index (χ0v) is 9.64. The van der Waals surface area contributed by atoms with Gasteiger partial charge in [-0.15, -0.1) is 0 Å². The Bertz CT molecular complexity index is 385. The predicted octanol–water partition coefficient (Wildman–Crippen LogP) is 2.42. The van der Waals surface area contributed by atoms with E-state index in [1.807, 2.05) is 25.1 Å². The van der Waals surface area contributed by atoms with Gasteiger partial charge in [0.25, 0.3) is 0 Å². The van der Waals surface area contributed by atoms with Gasteiger partial charge in [-0.1, -0.05) is 12.2 Å². The third-order valence-electron chi connectivity index (χ3n) is 2.63. The average Bonchev–Trinajstić information content (AvgIpc) is 2.99. The molecular weight excluding hydrogens is 206 g/mol. The van der Waals surface area contributed by atoms with E-state index in [-0.39, 0.29) is 0 Å². The van der Waals surface area contributed by atoms with Crippen molar-refractivity contribution < 1.29 is 4.74 Å². The van der Waals surface area contributed by atoms with Crippen molar-refractivity contribution in [3.05, 3.63) is 29.3 Å². The minimum absolute atomic E-state index is 0.437. The second kappa shape index (κ2) is 4.19. The lowest BCUT2D eigenvalue weighted by Gasteiger charge is -2.09. The van der Waals surface area contributed by atoms with E-state index in [0.717, 1.165) is 29.4 Å². The smallest absolute Gasteiger partial charge is 0.122 e. The van der Waals surface area contributed by atoms with E-state index in [1.165, 1.54) is 12.8 Å². The van der Waals surface area contributed by atoms with Crippen LogP contribution < -0.4 is 10.5 Å². The van der Waals surface area contributed by atoms with Gasteiger partial charge < -0.3 is 10.5 Å². The highest BCUT2D eigenvalue weighted by molar-refractivity contribution is 7.80. The van der Waals surface area contributed by atoms with Crippen LogP contribution in [0.5, 0.6) is 5.75 Å². The number of nitrogens with two attached hydrogens (primary N) is 1. The first-order valence-electron chi connectivity index (χ1n) is 5.20. The fourth-order valence-corrected chi connectivity index (χ4v) is 1.58. The zero-order chi connectivity index (χ0) is 10.8. The topological polar surface area (TPSA) is 35.2 Å². The summed E-state index contributed by atoms with van der Waals surface area (Å²) < 4.78 is 5.71. The first-order chi connectivity index (χ1) is 7.16. The summed E-state index contributed by atoms with van der Waals surface area (Å²) in [4.78, 5) is 0.437. The zero-order valence-electron chi connectivity index (χ0n) is 8.82. The molecular formula is C12H15NOS. The summed E-state index contributed by atoms with van der Waals surface area (Å²) in [7, 11) is 0. The summed E-state index contributed by atoms with van der Waals surface area (Å²) in [5.41, 5.74) is 7.56. The SMILES string of the molecule is Cc1cc(C(N)=S)ccc1OCC1CC1. The van der Waals surface area contributed by atoms with Crippen LogP contribution in [0.2, 0.25) is 0 Å². The highest BCUT2D eigenvalue weighted by Crippen LogP contribution is 2.30. The number of benzene rings is 1. The monoisotopic (exact) mass is 221 g/mol. The van der Waals surface area contributed by atoms with E-state index in [4.69, 9.17) is 22.7 Å². The number of ether oxygens (including phenoxy) is 1. The molecule has 1 aliphatic rings. The van der Waals surface area contributed by atoms with Crippen LogP contribution in [0.4, 0.5) is 0 Å². The van der Waals surface area contributed by atoms with Crippen molar-refractivity contribution in [2.75, 3.05) is 6.61 Å². The van der Waals surface area contributed by atoms with Crippen LogP contribution in [0.3, 0.4) is 0 Å². The third kappa shape index (κ3) is 2.69. The summed E-state index contributed by atoms with van der Waals surface area (Å²) >= 11 is 4.92. The van der Waals surface area contributed by atoms with Crippen molar-refractivity contribution in [2.45, 2.75) is 19.8 Å². The van der Waals surface area contributed by atoms with Crippen molar-refractivity contribution in [2.24, 2.45) is 11.7 Å². The molecule has 1 aromatic carbocycles. The van der Waals surface area contributed by atoms with Gasteiger partial charge in [-0.05, 0) is 49.4 Å². The Hall–Kier alpha value is -1.09. The highest BCUT2D eigenvalue weighted by atomic mass is 32.1. The lowest BCUT2D eigenvalue weighted by atomic mass is 10.1. The summed E-state index contributed by atoms with van der Waals surface area (Å²) in [5.74, 6) is 1.72. The van der Waals surface area contributed by atoms with Crippen molar-refractivity contribution >= 4 is 17.2 Å². The standard InChI is InChI=1S/C12H15NOS/c1-8-6-10(12(13)15)4-5-11(8)14-7-9-2-3-9/h4-6,9H,2-3,7H2,1H3,(H2,13,15). The normalized spacial score (nSPS) is 15.0. The molecule has 0 unspecified atom stereocenters. The molecule has 0 saturated heterocycles. The Morgan fingerprint density at radius 3 is 2.80 bits per heavy atom. The lowest BCUT2D eigenvalue weighted by Crippen LogP contribution is -2.09. The quantitative estimate of drug-likeness (QED) is 0.793. The second-order valence-corrected chi connectivity index (χ2v) is 4.54. The minimum Gasteiger partial charge on any atom is -0.493 e. The van der Waals surface area contributed by atoms with Crippen molar-refractivity contribution in [1.29, 1.82) is 0 Å². The van der Waals surface area contributed by atoms with E-state index < -0.39 is 0 Å². The number of hydrogen-bond donors (Lipinski definition) is 1. The maximum absolute atomic E-state index is 5.71. The number of aryl methyl sites for hydroxylation is 1. The van der Waals surface area contributed by atoms with Gasteiger partial charge >= 0.3 is 0 Å². The summed E-state index contributed by atoms with van der Waals surface area (Å²) in [6, 6.07) is 5.84. The second-order valence-electron chi connectivity index (χ2n) is 4.10. The predicted molar refractivity (Wildman–Crippen MR) is 65.3 cm³/mol. The van der Waals surface area contributed by atoms with Gasteiger partial charge in [0, 0.05) is 5.56 Å². The first kappa shape index (κ1) is 10.4. The van der Waals surface area contributed by atoms with Crippen LogP contribution in [-0.4, -0.2) is 11.6 Å². The van der Waals surface area contributed by atoms with E-state index in [0.29, 0.717) is 4.99 Å². The van der Waals surface area contributed by atoms with Crippen molar-refractivity contribution in [1.82, 2.24) is 0 Å². The summed E-state index contributed by atoms with van der Waals surface area (Å²) in [5, 5.41) is 0. The Labute approximate surface area is 95.4 Å². The van der Waals surface area contributed by atoms with Gasteiger partial charge in [-0.2, -0.15) is 0 Å². The maximum Gasteiger partial charge on any atom is 0.122 e. The molecule has 1 saturated carbocycles. The molecule has 2 nitrogen and oxygen atoms in total.